The highest BCUT2D eigenvalue weighted by atomic mass is 16.3. The van der Waals surface area contributed by atoms with Crippen LogP contribution in [0.1, 0.15) is 45.1 Å². The van der Waals surface area contributed by atoms with Crippen molar-refractivity contribution in [2.45, 2.75) is 51.0 Å². The summed E-state index contributed by atoms with van der Waals surface area (Å²) in [4.78, 5) is 0. The van der Waals surface area contributed by atoms with Crippen LogP contribution in [0.3, 0.4) is 0 Å². The maximum Gasteiger partial charge on any atom is 0.0639 e. The summed E-state index contributed by atoms with van der Waals surface area (Å²) in [7, 11) is 0. The number of aliphatic hydroxyl groups excluding tert-OH is 1. The van der Waals surface area contributed by atoms with Gasteiger partial charge in [-0.1, -0.05) is 50.3 Å². The third kappa shape index (κ3) is 2.98. The van der Waals surface area contributed by atoms with Crippen molar-refractivity contribution in [1.29, 1.82) is 0 Å². The molecule has 0 saturated carbocycles. The molecule has 94 valence electrons. The highest BCUT2D eigenvalue weighted by molar-refractivity contribution is 5.26. The standard InChI is InChI=1S/C16H24O/c1-4-7-13-15(17)16(5-2,6-3)14-11-9-8-10-12-14/h4,8-12,15,17H,1,5-7,13H2,2-3H3. The Hall–Kier alpha value is -1.08. The van der Waals surface area contributed by atoms with Gasteiger partial charge in [0.15, 0.2) is 0 Å². The molecule has 0 aromatic heterocycles. The topological polar surface area (TPSA) is 20.2 Å². The zero-order chi connectivity index (χ0) is 12.7. The van der Waals surface area contributed by atoms with Crippen LogP contribution in [0.25, 0.3) is 0 Å². The fourth-order valence-corrected chi connectivity index (χ4v) is 2.64. The fourth-order valence-electron chi connectivity index (χ4n) is 2.64. The average molecular weight is 232 g/mol. The molecule has 0 bridgehead atoms. The fraction of sp³-hybridized carbons (Fsp3) is 0.500. The predicted molar refractivity (Wildman–Crippen MR) is 74.1 cm³/mol. The third-order valence-corrected chi connectivity index (χ3v) is 3.89. The van der Waals surface area contributed by atoms with Gasteiger partial charge in [0, 0.05) is 5.41 Å². The molecule has 0 saturated heterocycles. The van der Waals surface area contributed by atoms with Crippen LogP contribution in [0.4, 0.5) is 0 Å². The second kappa shape index (κ2) is 6.61. The molecule has 1 heteroatoms. The molecule has 1 rings (SSSR count). The molecule has 1 atom stereocenters. The van der Waals surface area contributed by atoms with Gasteiger partial charge >= 0.3 is 0 Å². The van der Waals surface area contributed by atoms with E-state index in [0.717, 1.165) is 25.7 Å². The zero-order valence-corrected chi connectivity index (χ0v) is 11.0. The number of allylic oxidation sites excluding steroid dienone is 1. The van der Waals surface area contributed by atoms with Gasteiger partial charge in [0.25, 0.3) is 0 Å². The van der Waals surface area contributed by atoms with Crippen molar-refractivity contribution in [3.63, 3.8) is 0 Å². The van der Waals surface area contributed by atoms with Crippen LogP contribution in [0.2, 0.25) is 0 Å². The number of aliphatic hydroxyl groups is 1. The first-order valence-electron chi connectivity index (χ1n) is 6.55. The normalized spacial score (nSPS) is 13.4. The Balaban J connectivity index is 3.00. The van der Waals surface area contributed by atoms with Crippen LogP contribution in [-0.4, -0.2) is 11.2 Å². The van der Waals surface area contributed by atoms with Crippen LogP contribution < -0.4 is 0 Å². The Morgan fingerprint density at radius 3 is 2.29 bits per heavy atom. The van der Waals surface area contributed by atoms with Gasteiger partial charge in [-0.05, 0) is 31.2 Å². The second-order valence-corrected chi connectivity index (χ2v) is 4.61. The summed E-state index contributed by atoms with van der Waals surface area (Å²) in [6.45, 7) is 8.05. The molecule has 0 fully saturated rings. The Labute approximate surface area is 105 Å². The van der Waals surface area contributed by atoms with Crippen LogP contribution in [0.5, 0.6) is 0 Å². The molecule has 0 aliphatic heterocycles. The molecular formula is C16H24O. The van der Waals surface area contributed by atoms with E-state index in [9.17, 15) is 5.11 Å². The molecule has 1 N–H and O–H groups in total. The minimum absolute atomic E-state index is 0.107. The third-order valence-electron chi connectivity index (χ3n) is 3.89. The van der Waals surface area contributed by atoms with Crippen LogP contribution in [0.15, 0.2) is 43.0 Å². The summed E-state index contributed by atoms with van der Waals surface area (Å²) in [5, 5.41) is 10.5. The Morgan fingerprint density at radius 1 is 1.24 bits per heavy atom. The summed E-state index contributed by atoms with van der Waals surface area (Å²) < 4.78 is 0. The summed E-state index contributed by atoms with van der Waals surface area (Å²) >= 11 is 0. The Morgan fingerprint density at radius 2 is 1.82 bits per heavy atom. The molecule has 0 aliphatic carbocycles. The first-order valence-corrected chi connectivity index (χ1v) is 6.55. The molecule has 1 aromatic carbocycles. The summed E-state index contributed by atoms with van der Waals surface area (Å²) in [6.07, 6.45) is 5.18. The average Bonchev–Trinajstić information content (AvgIpc) is 2.39. The van der Waals surface area contributed by atoms with Crippen molar-refractivity contribution in [2.75, 3.05) is 0 Å². The number of hydrogen-bond acceptors (Lipinski definition) is 1. The van der Waals surface area contributed by atoms with E-state index in [4.69, 9.17) is 0 Å². The number of benzene rings is 1. The van der Waals surface area contributed by atoms with E-state index in [1.807, 2.05) is 12.1 Å². The first kappa shape index (κ1) is 14.0. The van der Waals surface area contributed by atoms with Crippen LogP contribution >= 0.6 is 0 Å². The monoisotopic (exact) mass is 232 g/mol. The minimum Gasteiger partial charge on any atom is -0.392 e. The lowest BCUT2D eigenvalue weighted by atomic mass is 9.70. The lowest BCUT2D eigenvalue weighted by Crippen LogP contribution is -2.38. The SMILES string of the molecule is C=CCCC(O)C(CC)(CC)c1ccccc1. The molecular weight excluding hydrogens is 208 g/mol. The van der Waals surface area contributed by atoms with Crippen LogP contribution in [0, 0.1) is 0 Å². The van der Waals surface area contributed by atoms with Crippen molar-refractivity contribution >= 4 is 0 Å². The van der Waals surface area contributed by atoms with Gasteiger partial charge in [0.05, 0.1) is 6.10 Å². The lowest BCUT2D eigenvalue weighted by Gasteiger charge is -2.37. The highest BCUT2D eigenvalue weighted by Gasteiger charge is 2.35. The van der Waals surface area contributed by atoms with Gasteiger partial charge in [-0.2, -0.15) is 0 Å². The Bertz CT molecular complexity index is 325. The zero-order valence-electron chi connectivity index (χ0n) is 11.0. The van der Waals surface area contributed by atoms with E-state index in [2.05, 4.69) is 44.7 Å². The van der Waals surface area contributed by atoms with Crippen LogP contribution in [-0.2, 0) is 5.41 Å². The van der Waals surface area contributed by atoms with Gasteiger partial charge in [-0.15, -0.1) is 6.58 Å². The van der Waals surface area contributed by atoms with E-state index in [-0.39, 0.29) is 11.5 Å². The molecule has 17 heavy (non-hydrogen) atoms. The molecule has 1 nitrogen and oxygen atoms in total. The summed E-state index contributed by atoms with van der Waals surface area (Å²) in [5.41, 5.74) is 1.14. The molecule has 0 heterocycles. The molecule has 1 aromatic rings. The summed E-state index contributed by atoms with van der Waals surface area (Å²) in [6, 6.07) is 10.4. The number of rotatable bonds is 7. The van der Waals surface area contributed by atoms with Gasteiger partial charge in [-0.25, -0.2) is 0 Å². The smallest absolute Gasteiger partial charge is 0.0639 e. The predicted octanol–water partition coefficient (Wildman–Crippen LogP) is 4.07. The molecule has 0 spiro atoms. The Kier molecular flexibility index (Phi) is 5.43. The van der Waals surface area contributed by atoms with Crippen molar-refractivity contribution in [1.82, 2.24) is 0 Å². The largest absolute Gasteiger partial charge is 0.392 e. The van der Waals surface area contributed by atoms with Gasteiger partial charge in [0.1, 0.15) is 0 Å². The van der Waals surface area contributed by atoms with E-state index in [0.29, 0.717) is 0 Å². The maximum absolute atomic E-state index is 10.5. The van der Waals surface area contributed by atoms with E-state index < -0.39 is 0 Å². The summed E-state index contributed by atoms with van der Waals surface area (Å²) in [5.74, 6) is 0. The van der Waals surface area contributed by atoms with E-state index in [1.165, 1.54) is 5.56 Å². The van der Waals surface area contributed by atoms with E-state index in [1.54, 1.807) is 0 Å². The van der Waals surface area contributed by atoms with Gasteiger partial charge in [-0.3, -0.25) is 0 Å². The maximum atomic E-state index is 10.5. The van der Waals surface area contributed by atoms with Gasteiger partial charge < -0.3 is 5.11 Å². The lowest BCUT2D eigenvalue weighted by molar-refractivity contribution is 0.0664. The second-order valence-electron chi connectivity index (χ2n) is 4.61. The quantitative estimate of drug-likeness (QED) is 0.703. The van der Waals surface area contributed by atoms with Gasteiger partial charge in [0.2, 0.25) is 0 Å². The van der Waals surface area contributed by atoms with Crippen molar-refractivity contribution < 1.29 is 5.11 Å². The van der Waals surface area contributed by atoms with Crippen molar-refractivity contribution in [3.05, 3.63) is 48.6 Å². The molecule has 0 radical (unpaired) electrons. The molecule has 1 unspecified atom stereocenters. The molecule has 0 amide bonds. The first-order chi connectivity index (χ1) is 8.21. The minimum atomic E-state index is -0.294. The number of hydrogen-bond donors (Lipinski definition) is 1. The van der Waals surface area contributed by atoms with Crippen molar-refractivity contribution in [2.24, 2.45) is 0 Å². The molecule has 0 aliphatic rings. The van der Waals surface area contributed by atoms with Crippen molar-refractivity contribution in [3.8, 4) is 0 Å². The highest BCUT2D eigenvalue weighted by Crippen LogP contribution is 2.36. The van der Waals surface area contributed by atoms with E-state index >= 15 is 0 Å².